The molecule has 1 aromatic carbocycles. The van der Waals surface area contributed by atoms with Gasteiger partial charge in [0.25, 0.3) is 0 Å². The van der Waals surface area contributed by atoms with Gasteiger partial charge in [0.05, 0.1) is 23.2 Å². The summed E-state index contributed by atoms with van der Waals surface area (Å²) in [6, 6.07) is 3.02. The summed E-state index contributed by atoms with van der Waals surface area (Å²) in [6.45, 7) is 4.09. The highest BCUT2D eigenvalue weighted by molar-refractivity contribution is 5.95. The summed E-state index contributed by atoms with van der Waals surface area (Å²) in [5.41, 5.74) is 4.60. The number of rotatable bonds is 4. The predicted molar refractivity (Wildman–Crippen MR) is 109 cm³/mol. The van der Waals surface area contributed by atoms with Crippen LogP contribution in [0.5, 0.6) is 0 Å². The molecule has 0 aliphatic carbocycles. The molecule has 0 bridgehead atoms. The van der Waals surface area contributed by atoms with Crippen molar-refractivity contribution < 1.29 is 22.7 Å². The fourth-order valence-corrected chi connectivity index (χ4v) is 3.60. The normalized spacial score (nSPS) is 15.8. The number of carbonyl (C=O) groups is 1. The summed E-state index contributed by atoms with van der Waals surface area (Å²) >= 11 is 0. The molecule has 1 aliphatic heterocycles. The number of nitrogen functional groups attached to an aromatic ring is 1. The second kappa shape index (κ2) is 7.60. The van der Waals surface area contributed by atoms with Gasteiger partial charge in [-0.05, 0) is 32.4 Å². The van der Waals surface area contributed by atoms with Gasteiger partial charge >= 0.3 is 5.97 Å². The molecule has 10 heteroatoms. The monoisotopic (exact) mass is 432 g/mol. The zero-order chi connectivity index (χ0) is 22.4. The van der Waals surface area contributed by atoms with Crippen LogP contribution in [0.15, 0.2) is 29.2 Å². The van der Waals surface area contributed by atoms with Crippen LogP contribution in [0.2, 0.25) is 0 Å². The Labute approximate surface area is 174 Å². The van der Waals surface area contributed by atoms with Crippen molar-refractivity contribution in [2.24, 2.45) is 0 Å². The van der Waals surface area contributed by atoms with Gasteiger partial charge in [0, 0.05) is 24.8 Å². The maximum Gasteiger partial charge on any atom is 0.343 e. The number of carbonyl (C=O) groups excluding carboxylic acids is 1. The number of hydrogen-bond donors (Lipinski definition) is 1. The maximum absolute atomic E-state index is 14.9. The third-order valence-electron chi connectivity index (χ3n) is 5.36. The lowest BCUT2D eigenvalue weighted by Gasteiger charge is -2.41. The van der Waals surface area contributed by atoms with E-state index in [1.165, 1.54) is 6.07 Å². The second-order valence-corrected chi connectivity index (χ2v) is 7.28. The summed E-state index contributed by atoms with van der Waals surface area (Å²) in [5, 5.41) is -0.177. The van der Waals surface area contributed by atoms with Gasteiger partial charge < -0.3 is 15.4 Å². The molecule has 1 saturated heterocycles. The SMILES string of the molecule is CCOC(=O)c1cn(-c2nc(N)c(F)cc2F)c2cc(N3CC[C@H]3C)c(F)cc2c1=O. The first-order chi connectivity index (χ1) is 14.7. The molecule has 0 saturated carbocycles. The summed E-state index contributed by atoms with van der Waals surface area (Å²) in [6.07, 6.45) is 1.92. The lowest BCUT2D eigenvalue weighted by molar-refractivity contribution is 0.0524. The van der Waals surface area contributed by atoms with Crippen LogP contribution < -0.4 is 16.1 Å². The third kappa shape index (κ3) is 3.37. The number of ether oxygens (including phenoxy) is 1. The molecule has 162 valence electrons. The van der Waals surface area contributed by atoms with Crippen LogP contribution in [0.1, 0.15) is 30.6 Å². The smallest absolute Gasteiger partial charge is 0.343 e. The molecule has 4 rings (SSSR count). The Bertz CT molecular complexity index is 1280. The van der Waals surface area contributed by atoms with Crippen LogP contribution in [0, 0.1) is 17.5 Å². The molecule has 31 heavy (non-hydrogen) atoms. The summed E-state index contributed by atoms with van der Waals surface area (Å²) in [7, 11) is 0. The van der Waals surface area contributed by atoms with Gasteiger partial charge in [-0.3, -0.25) is 9.36 Å². The molecule has 2 aromatic heterocycles. The highest BCUT2D eigenvalue weighted by Gasteiger charge is 2.28. The van der Waals surface area contributed by atoms with Gasteiger partial charge in [0.1, 0.15) is 11.4 Å². The van der Waals surface area contributed by atoms with Gasteiger partial charge in [-0.2, -0.15) is 0 Å². The van der Waals surface area contributed by atoms with E-state index in [1.54, 1.807) is 11.8 Å². The van der Waals surface area contributed by atoms with E-state index >= 15 is 0 Å². The van der Waals surface area contributed by atoms with E-state index in [0.29, 0.717) is 12.6 Å². The van der Waals surface area contributed by atoms with E-state index in [1.807, 2.05) is 6.92 Å². The Morgan fingerprint density at radius 2 is 1.97 bits per heavy atom. The number of aromatic nitrogens is 2. The molecule has 7 nitrogen and oxygen atoms in total. The van der Waals surface area contributed by atoms with Crippen molar-refractivity contribution in [3.05, 3.63) is 57.6 Å². The molecule has 3 heterocycles. The van der Waals surface area contributed by atoms with E-state index in [9.17, 15) is 22.8 Å². The van der Waals surface area contributed by atoms with Gasteiger partial charge in [0.2, 0.25) is 5.43 Å². The Morgan fingerprint density at radius 1 is 1.23 bits per heavy atom. The van der Waals surface area contributed by atoms with Crippen molar-refractivity contribution in [1.82, 2.24) is 9.55 Å². The molecule has 1 aliphatic rings. The molecular weight excluding hydrogens is 413 g/mol. The second-order valence-electron chi connectivity index (χ2n) is 7.28. The van der Waals surface area contributed by atoms with E-state index in [0.717, 1.165) is 23.3 Å². The van der Waals surface area contributed by atoms with Crippen LogP contribution in [-0.4, -0.2) is 34.7 Å². The quantitative estimate of drug-likeness (QED) is 0.637. The maximum atomic E-state index is 14.9. The average molecular weight is 432 g/mol. The predicted octanol–water partition coefficient (Wildman–Crippen LogP) is 3.16. The number of halogens is 3. The molecule has 0 spiro atoms. The molecule has 3 aromatic rings. The van der Waals surface area contributed by atoms with Crippen molar-refractivity contribution in [2.75, 3.05) is 23.8 Å². The molecular formula is C21H19F3N4O3. The van der Waals surface area contributed by atoms with Crippen molar-refractivity contribution in [2.45, 2.75) is 26.3 Å². The lowest BCUT2D eigenvalue weighted by Crippen LogP contribution is -2.46. The Morgan fingerprint density at radius 3 is 2.58 bits per heavy atom. The Kier molecular flexibility index (Phi) is 5.08. The third-order valence-corrected chi connectivity index (χ3v) is 5.36. The van der Waals surface area contributed by atoms with Crippen LogP contribution in [-0.2, 0) is 4.74 Å². The molecule has 0 unspecified atom stereocenters. The zero-order valence-corrected chi connectivity index (χ0v) is 16.8. The van der Waals surface area contributed by atoms with E-state index in [2.05, 4.69) is 4.98 Å². The van der Waals surface area contributed by atoms with Crippen LogP contribution in [0.4, 0.5) is 24.7 Å². The Balaban J connectivity index is 2.07. The fourth-order valence-electron chi connectivity index (χ4n) is 3.60. The van der Waals surface area contributed by atoms with Crippen molar-refractivity contribution in [3.63, 3.8) is 0 Å². The minimum absolute atomic E-state index is 0.00738. The molecule has 0 amide bonds. The van der Waals surface area contributed by atoms with Crippen molar-refractivity contribution in [3.8, 4) is 5.82 Å². The van der Waals surface area contributed by atoms with Gasteiger partial charge in [-0.25, -0.2) is 22.9 Å². The van der Waals surface area contributed by atoms with Gasteiger partial charge in [-0.15, -0.1) is 0 Å². The fraction of sp³-hybridized carbons (Fsp3) is 0.286. The largest absolute Gasteiger partial charge is 0.462 e. The molecule has 1 atom stereocenters. The minimum atomic E-state index is -1.07. The number of benzene rings is 1. The minimum Gasteiger partial charge on any atom is -0.462 e. The summed E-state index contributed by atoms with van der Waals surface area (Å²) in [5.74, 6) is -4.76. The van der Waals surface area contributed by atoms with Crippen molar-refractivity contribution >= 4 is 28.4 Å². The summed E-state index contributed by atoms with van der Waals surface area (Å²) < 4.78 is 49.2. The highest BCUT2D eigenvalue weighted by atomic mass is 19.1. The number of esters is 1. The molecule has 1 fully saturated rings. The van der Waals surface area contributed by atoms with E-state index in [-0.39, 0.29) is 29.2 Å². The number of fused-ring (bicyclic) bond motifs is 1. The van der Waals surface area contributed by atoms with Crippen LogP contribution in [0.25, 0.3) is 16.7 Å². The van der Waals surface area contributed by atoms with Crippen LogP contribution >= 0.6 is 0 Å². The highest BCUT2D eigenvalue weighted by Crippen LogP contribution is 2.32. The Hall–Kier alpha value is -3.56. The van der Waals surface area contributed by atoms with Crippen LogP contribution in [0.3, 0.4) is 0 Å². The van der Waals surface area contributed by atoms with Gasteiger partial charge in [0.15, 0.2) is 23.3 Å². The van der Waals surface area contributed by atoms with Crippen molar-refractivity contribution in [1.29, 1.82) is 0 Å². The molecule has 2 N–H and O–H groups in total. The summed E-state index contributed by atoms with van der Waals surface area (Å²) in [4.78, 5) is 30.8. The topological polar surface area (TPSA) is 90.4 Å². The standard InChI is InChI=1S/C21H19F3N4O3/c1-3-31-21(30)12-9-28(20-15(24)7-14(23)19(25)26-20)16-8-17(27-5-4-10(27)2)13(22)6-11(16)18(12)29/h6-10H,3-5H2,1-2H3,(H2,25,26)/t10-/m1/s1. The molecule has 0 radical (unpaired) electrons. The van der Waals surface area contributed by atoms with E-state index < -0.39 is 46.0 Å². The average Bonchev–Trinajstić information content (AvgIpc) is 2.71. The zero-order valence-electron chi connectivity index (χ0n) is 16.8. The lowest BCUT2D eigenvalue weighted by atomic mass is 10.0. The first-order valence-electron chi connectivity index (χ1n) is 9.67. The number of nitrogens with zero attached hydrogens (tertiary/aromatic N) is 3. The van der Waals surface area contributed by atoms with E-state index in [4.69, 9.17) is 10.5 Å². The van der Waals surface area contributed by atoms with Gasteiger partial charge in [-0.1, -0.05) is 0 Å². The number of pyridine rings is 2. The first kappa shape index (κ1) is 20.7. The number of anilines is 2. The first-order valence-corrected chi connectivity index (χ1v) is 9.67. The number of hydrogen-bond acceptors (Lipinski definition) is 6. The number of nitrogens with two attached hydrogens (primary N) is 1.